The predicted molar refractivity (Wildman–Crippen MR) is 94.9 cm³/mol. The van der Waals surface area contributed by atoms with Crippen LogP contribution >= 0.6 is 0 Å². The van der Waals surface area contributed by atoms with Crippen LogP contribution in [-0.2, 0) is 9.53 Å². The number of hydrogen-bond donors (Lipinski definition) is 0. The minimum Gasteiger partial charge on any atom is -0.493 e. The van der Waals surface area contributed by atoms with E-state index in [0.717, 1.165) is 5.56 Å². The highest BCUT2D eigenvalue weighted by Crippen LogP contribution is 2.28. The van der Waals surface area contributed by atoms with E-state index in [0.29, 0.717) is 17.1 Å². The van der Waals surface area contributed by atoms with Gasteiger partial charge < -0.3 is 14.2 Å². The molecule has 0 atom stereocenters. The lowest BCUT2D eigenvalue weighted by atomic mass is 10.1. The number of methoxy groups -OCH3 is 1. The van der Waals surface area contributed by atoms with Crippen LogP contribution < -0.4 is 9.47 Å². The van der Waals surface area contributed by atoms with E-state index in [1.165, 1.54) is 14.0 Å². The normalized spacial score (nSPS) is 10.5. The monoisotopic (exact) mass is 340 g/mol. The zero-order valence-corrected chi connectivity index (χ0v) is 14.2. The lowest BCUT2D eigenvalue weighted by Gasteiger charge is -2.11. The predicted octanol–water partition coefficient (Wildman–Crippen LogP) is 3.53. The van der Waals surface area contributed by atoms with Crippen molar-refractivity contribution in [2.45, 2.75) is 6.92 Å². The first kappa shape index (κ1) is 18.3. The van der Waals surface area contributed by atoms with Crippen LogP contribution in [0, 0.1) is 0 Å². The van der Waals surface area contributed by atoms with E-state index in [9.17, 15) is 9.59 Å². The number of ketones is 1. The average molecular weight is 340 g/mol. The van der Waals surface area contributed by atoms with E-state index in [-0.39, 0.29) is 19.0 Å². The fourth-order valence-corrected chi connectivity index (χ4v) is 2.07. The molecule has 0 spiro atoms. The molecule has 0 saturated heterocycles. The first-order chi connectivity index (χ1) is 12.1. The summed E-state index contributed by atoms with van der Waals surface area (Å²) in [5.74, 6) is 0.207. The SMILES string of the molecule is COc1cc(C(C)=O)ccc1OCC(=O)OC/C=C/c1ccccc1. The van der Waals surface area contributed by atoms with E-state index in [1.54, 1.807) is 24.3 Å². The molecule has 0 unspecified atom stereocenters. The van der Waals surface area contributed by atoms with Gasteiger partial charge in [0.25, 0.3) is 0 Å². The van der Waals surface area contributed by atoms with Gasteiger partial charge in [0.2, 0.25) is 0 Å². The first-order valence-electron chi connectivity index (χ1n) is 7.79. The van der Waals surface area contributed by atoms with Gasteiger partial charge in [-0.25, -0.2) is 4.79 Å². The number of hydrogen-bond acceptors (Lipinski definition) is 5. The molecule has 0 aliphatic rings. The van der Waals surface area contributed by atoms with Crippen LogP contribution in [0.2, 0.25) is 0 Å². The van der Waals surface area contributed by atoms with Crippen LogP contribution in [0.1, 0.15) is 22.8 Å². The minimum absolute atomic E-state index is 0.0746. The maximum atomic E-state index is 11.7. The van der Waals surface area contributed by atoms with Crippen molar-refractivity contribution in [3.8, 4) is 11.5 Å². The summed E-state index contributed by atoms with van der Waals surface area (Å²) in [4.78, 5) is 23.1. The molecule has 2 aromatic rings. The van der Waals surface area contributed by atoms with Crippen molar-refractivity contribution in [3.63, 3.8) is 0 Å². The van der Waals surface area contributed by atoms with Gasteiger partial charge in [-0.3, -0.25) is 4.79 Å². The summed E-state index contributed by atoms with van der Waals surface area (Å²) in [5.41, 5.74) is 1.54. The standard InChI is InChI=1S/C20H20O5/c1-15(21)17-10-11-18(19(13-17)23-2)25-14-20(22)24-12-6-9-16-7-4-3-5-8-16/h3-11,13H,12,14H2,1-2H3/b9-6+. The van der Waals surface area contributed by atoms with E-state index in [2.05, 4.69) is 0 Å². The number of Topliss-reactive ketones (excluding diaryl/α,β-unsaturated/α-hetero) is 1. The van der Waals surface area contributed by atoms with Gasteiger partial charge in [-0.1, -0.05) is 36.4 Å². The minimum atomic E-state index is -0.490. The van der Waals surface area contributed by atoms with E-state index >= 15 is 0 Å². The molecule has 0 radical (unpaired) electrons. The van der Waals surface area contributed by atoms with Gasteiger partial charge in [-0.15, -0.1) is 0 Å². The van der Waals surface area contributed by atoms with Gasteiger partial charge in [0, 0.05) is 5.56 Å². The molecule has 0 saturated carbocycles. The molecule has 0 heterocycles. The lowest BCUT2D eigenvalue weighted by Crippen LogP contribution is -2.15. The Bertz CT molecular complexity index is 750. The molecule has 0 N–H and O–H groups in total. The number of carbonyl (C=O) groups excluding carboxylic acids is 2. The maximum absolute atomic E-state index is 11.7. The molecular weight excluding hydrogens is 320 g/mol. The summed E-state index contributed by atoms with van der Waals surface area (Å²) in [6.07, 6.45) is 3.63. The summed E-state index contributed by atoms with van der Waals surface area (Å²) in [6, 6.07) is 14.5. The van der Waals surface area contributed by atoms with Crippen molar-refractivity contribution in [1.82, 2.24) is 0 Å². The highest BCUT2D eigenvalue weighted by Gasteiger charge is 2.10. The number of esters is 1. The van der Waals surface area contributed by atoms with E-state index in [1.807, 2.05) is 36.4 Å². The Kier molecular flexibility index (Phi) is 6.77. The van der Waals surface area contributed by atoms with Crippen LogP contribution in [0.25, 0.3) is 6.08 Å². The summed E-state index contributed by atoms with van der Waals surface area (Å²) < 4.78 is 15.7. The summed E-state index contributed by atoms with van der Waals surface area (Å²) in [7, 11) is 1.47. The summed E-state index contributed by atoms with van der Waals surface area (Å²) in [6.45, 7) is 1.39. The zero-order valence-electron chi connectivity index (χ0n) is 14.2. The van der Waals surface area contributed by atoms with Crippen molar-refractivity contribution < 1.29 is 23.8 Å². The Balaban J connectivity index is 1.81. The number of rotatable bonds is 8. The third-order valence-corrected chi connectivity index (χ3v) is 3.37. The van der Waals surface area contributed by atoms with Gasteiger partial charge in [0.05, 0.1) is 7.11 Å². The molecule has 0 amide bonds. The summed E-state index contributed by atoms with van der Waals surface area (Å²) >= 11 is 0. The molecule has 0 fully saturated rings. The Hall–Kier alpha value is -3.08. The van der Waals surface area contributed by atoms with Crippen LogP contribution in [0.15, 0.2) is 54.6 Å². The van der Waals surface area contributed by atoms with E-state index < -0.39 is 5.97 Å². The Morgan fingerprint density at radius 2 is 1.80 bits per heavy atom. The third-order valence-electron chi connectivity index (χ3n) is 3.37. The zero-order chi connectivity index (χ0) is 18.1. The molecule has 0 aliphatic heterocycles. The lowest BCUT2D eigenvalue weighted by molar-refractivity contribution is -0.144. The molecule has 5 nitrogen and oxygen atoms in total. The topological polar surface area (TPSA) is 61.8 Å². The molecule has 130 valence electrons. The largest absolute Gasteiger partial charge is 0.493 e. The van der Waals surface area contributed by atoms with Gasteiger partial charge in [0.1, 0.15) is 6.61 Å². The Morgan fingerprint density at radius 1 is 1.04 bits per heavy atom. The Labute approximate surface area is 146 Å². The number of ether oxygens (including phenoxy) is 3. The van der Waals surface area contributed by atoms with Crippen molar-refractivity contribution in [2.24, 2.45) is 0 Å². The number of benzene rings is 2. The van der Waals surface area contributed by atoms with Crippen molar-refractivity contribution in [2.75, 3.05) is 20.3 Å². The highest BCUT2D eigenvalue weighted by atomic mass is 16.6. The van der Waals surface area contributed by atoms with Crippen molar-refractivity contribution in [3.05, 3.63) is 65.7 Å². The molecular formula is C20H20O5. The van der Waals surface area contributed by atoms with E-state index in [4.69, 9.17) is 14.2 Å². The molecule has 0 aromatic heterocycles. The van der Waals surface area contributed by atoms with Gasteiger partial charge in [-0.05, 0) is 36.8 Å². The molecule has 25 heavy (non-hydrogen) atoms. The van der Waals surface area contributed by atoms with Gasteiger partial charge in [0.15, 0.2) is 23.9 Å². The smallest absolute Gasteiger partial charge is 0.344 e. The molecule has 0 bridgehead atoms. The second-order valence-corrected chi connectivity index (χ2v) is 5.21. The van der Waals surface area contributed by atoms with Crippen molar-refractivity contribution in [1.29, 1.82) is 0 Å². The highest BCUT2D eigenvalue weighted by molar-refractivity contribution is 5.94. The molecule has 5 heteroatoms. The first-order valence-corrected chi connectivity index (χ1v) is 7.79. The number of carbonyl (C=O) groups is 2. The fourth-order valence-electron chi connectivity index (χ4n) is 2.07. The average Bonchev–Trinajstić information content (AvgIpc) is 2.64. The third kappa shape index (κ3) is 5.80. The van der Waals surface area contributed by atoms with Crippen LogP contribution in [-0.4, -0.2) is 32.1 Å². The quantitative estimate of drug-likeness (QED) is 0.543. The van der Waals surface area contributed by atoms with Crippen LogP contribution in [0.5, 0.6) is 11.5 Å². The van der Waals surface area contributed by atoms with Gasteiger partial charge >= 0.3 is 5.97 Å². The second-order valence-electron chi connectivity index (χ2n) is 5.21. The van der Waals surface area contributed by atoms with Crippen LogP contribution in [0.3, 0.4) is 0 Å². The van der Waals surface area contributed by atoms with Crippen LogP contribution in [0.4, 0.5) is 0 Å². The Morgan fingerprint density at radius 3 is 2.48 bits per heavy atom. The second kappa shape index (κ2) is 9.27. The molecule has 2 aromatic carbocycles. The van der Waals surface area contributed by atoms with Gasteiger partial charge in [-0.2, -0.15) is 0 Å². The summed E-state index contributed by atoms with van der Waals surface area (Å²) in [5, 5.41) is 0. The van der Waals surface area contributed by atoms with Crippen molar-refractivity contribution >= 4 is 17.8 Å². The maximum Gasteiger partial charge on any atom is 0.344 e. The molecule has 0 aliphatic carbocycles. The fraction of sp³-hybridized carbons (Fsp3) is 0.200. The molecule has 2 rings (SSSR count).